The molecular weight excluding hydrogens is 254 g/mol. The summed E-state index contributed by atoms with van der Waals surface area (Å²) in [4.78, 5) is 8.39. The third-order valence-corrected chi connectivity index (χ3v) is 2.88. The molecule has 6 nitrogen and oxygen atoms in total. The number of nitrogens with one attached hydrogen (secondary N) is 2. The van der Waals surface area contributed by atoms with Crippen LogP contribution in [0.25, 0.3) is 0 Å². The van der Waals surface area contributed by atoms with E-state index in [4.69, 9.17) is 10.6 Å². The van der Waals surface area contributed by atoms with Crippen molar-refractivity contribution in [2.24, 2.45) is 5.84 Å². The summed E-state index contributed by atoms with van der Waals surface area (Å²) in [6, 6.07) is 7.74. The largest absolute Gasteiger partial charge is 0.492 e. The lowest BCUT2D eigenvalue weighted by molar-refractivity contribution is 0.342. The van der Waals surface area contributed by atoms with Crippen molar-refractivity contribution in [1.82, 2.24) is 9.97 Å². The Morgan fingerprint density at radius 2 is 1.90 bits per heavy atom. The van der Waals surface area contributed by atoms with Crippen molar-refractivity contribution in [3.8, 4) is 5.75 Å². The van der Waals surface area contributed by atoms with Gasteiger partial charge in [-0.3, -0.25) is 0 Å². The molecule has 106 valence electrons. The van der Waals surface area contributed by atoms with Crippen LogP contribution in [0.15, 0.2) is 30.6 Å². The number of anilines is 3. The molecular formula is C14H19N5O. The molecule has 20 heavy (non-hydrogen) atoms. The molecule has 2 rings (SSSR count). The van der Waals surface area contributed by atoms with Gasteiger partial charge in [-0.15, -0.1) is 0 Å². The Labute approximate surface area is 118 Å². The number of aromatic nitrogens is 2. The van der Waals surface area contributed by atoms with Gasteiger partial charge in [0, 0.05) is 5.56 Å². The molecule has 4 N–H and O–H groups in total. The van der Waals surface area contributed by atoms with Crippen molar-refractivity contribution in [3.63, 3.8) is 0 Å². The third kappa shape index (κ3) is 2.97. The second-order valence-electron chi connectivity index (χ2n) is 4.10. The number of nitrogens with two attached hydrogens (primary N) is 1. The van der Waals surface area contributed by atoms with Gasteiger partial charge in [0.1, 0.15) is 23.7 Å². The molecule has 0 atom stereocenters. The first-order chi connectivity index (χ1) is 9.80. The molecule has 0 aliphatic carbocycles. The lowest BCUT2D eigenvalue weighted by Gasteiger charge is -2.15. The number of hydrogen-bond acceptors (Lipinski definition) is 6. The van der Waals surface area contributed by atoms with Crippen LogP contribution in [0.4, 0.5) is 17.3 Å². The minimum absolute atomic E-state index is 0.610. The zero-order valence-electron chi connectivity index (χ0n) is 11.7. The molecule has 1 aromatic heterocycles. The molecule has 0 aliphatic rings. The van der Waals surface area contributed by atoms with Crippen molar-refractivity contribution in [2.75, 3.05) is 17.3 Å². The van der Waals surface area contributed by atoms with Crippen LogP contribution in [0.5, 0.6) is 5.75 Å². The SMILES string of the molecule is CCOc1ccccc1Nc1ncnc(NN)c1CC. The maximum absolute atomic E-state index is 5.59. The Morgan fingerprint density at radius 1 is 1.15 bits per heavy atom. The van der Waals surface area contributed by atoms with E-state index in [0.717, 1.165) is 29.2 Å². The predicted molar refractivity (Wildman–Crippen MR) is 80.1 cm³/mol. The molecule has 2 aromatic rings. The van der Waals surface area contributed by atoms with Gasteiger partial charge >= 0.3 is 0 Å². The number of para-hydroxylation sites is 2. The molecule has 6 heteroatoms. The quantitative estimate of drug-likeness (QED) is 0.554. The van der Waals surface area contributed by atoms with Gasteiger partial charge in [-0.05, 0) is 25.5 Å². The number of nitrogens with zero attached hydrogens (tertiary/aromatic N) is 2. The van der Waals surface area contributed by atoms with Crippen molar-refractivity contribution in [2.45, 2.75) is 20.3 Å². The van der Waals surface area contributed by atoms with Crippen molar-refractivity contribution < 1.29 is 4.74 Å². The highest BCUT2D eigenvalue weighted by atomic mass is 16.5. The van der Waals surface area contributed by atoms with Gasteiger partial charge < -0.3 is 15.5 Å². The highest BCUT2D eigenvalue weighted by Crippen LogP contribution is 2.29. The molecule has 0 saturated heterocycles. The average molecular weight is 273 g/mol. The fraction of sp³-hybridized carbons (Fsp3) is 0.286. The third-order valence-electron chi connectivity index (χ3n) is 2.88. The number of ether oxygens (including phenoxy) is 1. The lowest BCUT2D eigenvalue weighted by Crippen LogP contribution is -2.13. The highest BCUT2D eigenvalue weighted by molar-refractivity contribution is 5.68. The Bertz CT molecular complexity index is 573. The summed E-state index contributed by atoms with van der Waals surface area (Å²) in [5, 5.41) is 3.28. The number of rotatable bonds is 6. The first-order valence-corrected chi connectivity index (χ1v) is 6.59. The maximum atomic E-state index is 5.59. The van der Waals surface area contributed by atoms with Crippen LogP contribution >= 0.6 is 0 Å². The monoisotopic (exact) mass is 273 g/mol. The molecule has 0 amide bonds. The van der Waals surface area contributed by atoms with Gasteiger partial charge in [0.05, 0.1) is 12.3 Å². The van der Waals surface area contributed by atoms with Crippen molar-refractivity contribution in [1.29, 1.82) is 0 Å². The van der Waals surface area contributed by atoms with Gasteiger partial charge in [-0.2, -0.15) is 0 Å². The Kier molecular flexibility index (Phi) is 4.73. The van der Waals surface area contributed by atoms with E-state index in [1.807, 2.05) is 38.1 Å². The Hall–Kier alpha value is -2.34. The van der Waals surface area contributed by atoms with Crippen LogP contribution in [0, 0.1) is 0 Å². The zero-order valence-corrected chi connectivity index (χ0v) is 11.7. The van der Waals surface area contributed by atoms with Gasteiger partial charge in [0.25, 0.3) is 0 Å². The Balaban J connectivity index is 2.35. The molecule has 0 unspecified atom stereocenters. The minimum Gasteiger partial charge on any atom is -0.492 e. The summed E-state index contributed by atoms with van der Waals surface area (Å²) >= 11 is 0. The smallest absolute Gasteiger partial charge is 0.148 e. The fourth-order valence-corrected chi connectivity index (χ4v) is 1.96. The van der Waals surface area contributed by atoms with E-state index in [1.54, 1.807) is 0 Å². The van der Waals surface area contributed by atoms with Crippen molar-refractivity contribution >= 4 is 17.3 Å². The standard InChI is InChI=1S/C14H19N5O/c1-3-10-13(16-9-17-14(10)19-15)18-11-7-5-6-8-12(11)20-4-2/h5-9H,3-4,15H2,1-2H3,(H2,16,17,18,19). The number of nitrogen functional groups attached to an aromatic ring is 1. The number of hydrazine groups is 1. The van der Waals surface area contributed by atoms with Crippen LogP contribution in [0.1, 0.15) is 19.4 Å². The summed E-state index contributed by atoms with van der Waals surface area (Å²) in [5.41, 5.74) is 4.39. The maximum Gasteiger partial charge on any atom is 0.148 e. The normalized spacial score (nSPS) is 10.2. The summed E-state index contributed by atoms with van der Waals surface area (Å²) < 4.78 is 5.59. The molecule has 0 bridgehead atoms. The van der Waals surface area contributed by atoms with Crippen LogP contribution in [0.3, 0.4) is 0 Å². The number of benzene rings is 1. The summed E-state index contributed by atoms with van der Waals surface area (Å²) in [6.07, 6.45) is 2.24. The highest BCUT2D eigenvalue weighted by Gasteiger charge is 2.11. The van der Waals surface area contributed by atoms with Gasteiger partial charge in [-0.1, -0.05) is 19.1 Å². The first kappa shape index (κ1) is 14.1. The molecule has 0 spiro atoms. The van der Waals surface area contributed by atoms with Crippen LogP contribution < -0.4 is 21.3 Å². The van der Waals surface area contributed by atoms with E-state index in [2.05, 4.69) is 20.7 Å². The van der Waals surface area contributed by atoms with Crippen LogP contribution in [-0.4, -0.2) is 16.6 Å². The summed E-state index contributed by atoms with van der Waals surface area (Å²) in [6.45, 7) is 4.59. The van der Waals surface area contributed by atoms with E-state index in [-0.39, 0.29) is 0 Å². The lowest BCUT2D eigenvalue weighted by atomic mass is 10.2. The van der Waals surface area contributed by atoms with E-state index < -0.39 is 0 Å². The minimum atomic E-state index is 0.610. The van der Waals surface area contributed by atoms with Crippen LogP contribution in [0.2, 0.25) is 0 Å². The topological polar surface area (TPSA) is 85.1 Å². The van der Waals surface area contributed by atoms with E-state index in [1.165, 1.54) is 6.33 Å². The van der Waals surface area contributed by atoms with Crippen molar-refractivity contribution in [3.05, 3.63) is 36.2 Å². The second-order valence-corrected chi connectivity index (χ2v) is 4.10. The van der Waals surface area contributed by atoms with E-state index in [0.29, 0.717) is 12.4 Å². The molecule has 0 saturated carbocycles. The summed E-state index contributed by atoms with van der Waals surface area (Å²) in [7, 11) is 0. The van der Waals surface area contributed by atoms with Gasteiger partial charge in [-0.25, -0.2) is 15.8 Å². The fourth-order valence-electron chi connectivity index (χ4n) is 1.96. The number of hydrogen-bond donors (Lipinski definition) is 3. The molecule has 0 fully saturated rings. The first-order valence-electron chi connectivity index (χ1n) is 6.59. The van der Waals surface area contributed by atoms with Gasteiger partial charge in [0.15, 0.2) is 0 Å². The molecule has 0 aliphatic heterocycles. The Morgan fingerprint density at radius 3 is 2.60 bits per heavy atom. The van der Waals surface area contributed by atoms with Crippen LogP contribution in [-0.2, 0) is 6.42 Å². The molecule has 1 aromatic carbocycles. The molecule has 0 radical (unpaired) electrons. The average Bonchev–Trinajstić information content (AvgIpc) is 2.49. The van der Waals surface area contributed by atoms with E-state index >= 15 is 0 Å². The zero-order chi connectivity index (χ0) is 14.4. The second kappa shape index (κ2) is 6.72. The molecule has 1 heterocycles. The van der Waals surface area contributed by atoms with E-state index in [9.17, 15) is 0 Å². The van der Waals surface area contributed by atoms with Gasteiger partial charge in [0.2, 0.25) is 0 Å². The summed E-state index contributed by atoms with van der Waals surface area (Å²) in [5.74, 6) is 7.61. The predicted octanol–water partition coefficient (Wildman–Crippen LogP) is 2.47.